The molecular weight excluding hydrogens is 618 g/mol. The first kappa shape index (κ1) is 31.1. The van der Waals surface area contributed by atoms with Gasteiger partial charge in [0.25, 0.3) is 17.7 Å². The van der Waals surface area contributed by atoms with Gasteiger partial charge in [-0.25, -0.2) is 27.0 Å². The minimum Gasteiger partial charge on any atom is -0.423 e. The van der Waals surface area contributed by atoms with Gasteiger partial charge in [-0.1, -0.05) is 25.6 Å². The van der Waals surface area contributed by atoms with Gasteiger partial charge < -0.3 is 15.1 Å². The first-order chi connectivity index (χ1) is 20.2. The SMILES string of the molecule is C.CC1(Cc2nnc(C(c3nc4ccc(-c5cccc(C(=O)NC6CC(F)(F)C6)c5)cc4s3)S(C)(=O)=O)o2)NC(=O)NC1=O. The molecule has 1 aliphatic heterocycles. The molecule has 1 aliphatic carbocycles. The van der Waals surface area contributed by atoms with Gasteiger partial charge in [0.05, 0.1) is 16.6 Å². The number of imide groups is 1. The van der Waals surface area contributed by atoms with Crippen molar-refractivity contribution >= 4 is 49.2 Å². The van der Waals surface area contributed by atoms with Gasteiger partial charge >= 0.3 is 6.03 Å². The number of carbonyl (C=O) groups excluding carboxylic acids is 3. The molecule has 1 saturated carbocycles. The average Bonchev–Trinajstić information content (AvgIpc) is 3.59. The lowest BCUT2D eigenvalue weighted by Crippen LogP contribution is -2.50. The van der Waals surface area contributed by atoms with Gasteiger partial charge in [-0.15, -0.1) is 21.5 Å². The van der Waals surface area contributed by atoms with Crippen LogP contribution in [0.2, 0.25) is 0 Å². The van der Waals surface area contributed by atoms with E-state index in [1.54, 1.807) is 42.5 Å². The Morgan fingerprint density at radius 1 is 1.16 bits per heavy atom. The number of aromatic nitrogens is 3. The summed E-state index contributed by atoms with van der Waals surface area (Å²) < 4.78 is 58.4. The lowest BCUT2D eigenvalue weighted by Gasteiger charge is -2.35. The monoisotopic (exact) mass is 646 g/mol. The van der Waals surface area contributed by atoms with E-state index in [0.29, 0.717) is 21.3 Å². The standard InChI is InChI=1S/C27H24F2N6O6S2.CH4/c1-26(24(37)32-25(38)33-26)12-19-34-35-22(41-19)20(43(2,39)40)23-31-17-7-6-14(9-18(17)42-23)13-4-3-5-15(8-13)21(36)30-16-10-27(28,29)11-16;/h3-9,16,20H,10-12H2,1-2H3,(H,30,36)(H2,32,33,37,38);1H4. The van der Waals surface area contributed by atoms with Crippen molar-refractivity contribution in [3.05, 3.63) is 64.8 Å². The summed E-state index contributed by atoms with van der Waals surface area (Å²) in [6.07, 6.45) is 0.113. The maximum Gasteiger partial charge on any atom is 0.322 e. The van der Waals surface area contributed by atoms with Crippen LogP contribution in [0.4, 0.5) is 13.6 Å². The molecule has 2 unspecified atom stereocenters. The predicted octanol–water partition coefficient (Wildman–Crippen LogP) is 3.78. The highest BCUT2D eigenvalue weighted by atomic mass is 32.2. The van der Waals surface area contributed by atoms with E-state index < -0.39 is 50.4 Å². The maximum atomic E-state index is 13.2. The molecule has 0 bridgehead atoms. The van der Waals surface area contributed by atoms with Gasteiger partial charge in [-0.2, -0.15) is 0 Å². The first-order valence-corrected chi connectivity index (χ1v) is 15.8. The summed E-state index contributed by atoms with van der Waals surface area (Å²) in [6, 6.07) is 10.8. The summed E-state index contributed by atoms with van der Waals surface area (Å²) >= 11 is 1.12. The molecule has 0 radical (unpaired) electrons. The maximum absolute atomic E-state index is 13.2. The van der Waals surface area contributed by atoms with E-state index in [1.165, 1.54) is 6.92 Å². The van der Waals surface area contributed by atoms with E-state index in [4.69, 9.17) is 4.42 Å². The molecular formula is C28H28F2N6O6S2. The van der Waals surface area contributed by atoms with Crippen molar-refractivity contribution in [1.29, 1.82) is 0 Å². The number of fused-ring (bicyclic) bond motifs is 1. The van der Waals surface area contributed by atoms with Crippen LogP contribution >= 0.6 is 11.3 Å². The zero-order valence-electron chi connectivity index (χ0n) is 22.7. The van der Waals surface area contributed by atoms with Crippen LogP contribution in [0.3, 0.4) is 0 Å². The molecule has 3 heterocycles. The fourth-order valence-electron chi connectivity index (χ4n) is 5.03. The van der Waals surface area contributed by atoms with E-state index in [9.17, 15) is 31.6 Å². The molecule has 0 spiro atoms. The largest absolute Gasteiger partial charge is 0.423 e. The Labute approximate surface area is 254 Å². The topological polar surface area (TPSA) is 173 Å². The summed E-state index contributed by atoms with van der Waals surface area (Å²) in [5.74, 6) is -4.03. The quantitative estimate of drug-likeness (QED) is 0.241. The summed E-state index contributed by atoms with van der Waals surface area (Å²) in [6.45, 7) is 1.48. The molecule has 2 fully saturated rings. The number of halogens is 2. The number of urea groups is 1. The van der Waals surface area contributed by atoms with Crippen LogP contribution in [0, 0.1) is 0 Å². The highest BCUT2D eigenvalue weighted by Gasteiger charge is 2.46. The molecule has 6 rings (SSSR count). The fraction of sp³-hybridized carbons (Fsp3) is 0.357. The van der Waals surface area contributed by atoms with Gasteiger partial charge in [0.15, 0.2) is 15.1 Å². The van der Waals surface area contributed by atoms with E-state index in [-0.39, 0.29) is 43.5 Å². The molecule has 3 N–H and O–H groups in total. The second kappa shape index (κ2) is 11.0. The second-order valence-electron chi connectivity index (χ2n) is 10.9. The molecule has 2 aliphatic rings. The number of benzene rings is 2. The predicted molar refractivity (Wildman–Crippen MR) is 157 cm³/mol. The van der Waals surface area contributed by atoms with Crippen LogP contribution in [0.25, 0.3) is 21.3 Å². The van der Waals surface area contributed by atoms with Crippen molar-refractivity contribution in [3.63, 3.8) is 0 Å². The summed E-state index contributed by atoms with van der Waals surface area (Å²) in [4.78, 5) is 40.9. The average molecular weight is 647 g/mol. The van der Waals surface area contributed by atoms with E-state index in [0.717, 1.165) is 23.2 Å². The van der Waals surface area contributed by atoms with Gasteiger partial charge in [-0.3, -0.25) is 14.9 Å². The van der Waals surface area contributed by atoms with Crippen LogP contribution in [0.15, 0.2) is 46.9 Å². The zero-order chi connectivity index (χ0) is 30.7. The Hall–Kier alpha value is -4.31. The van der Waals surface area contributed by atoms with Gasteiger partial charge in [0, 0.05) is 30.7 Å². The van der Waals surface area contributed by atoms with Crippen molar-refractivity contribution in [3.8, 4) is 11.1 Å². The summed E-state index contributed by atoms with van der Waals surface area (Å²) in [5, 5.41) is 13.9. The van der Waals surface area contributed by atoms with Crippen molar-refractivity contribution < 1.29 is 36.0 Å². The molecule has 232 valence electrons. The lowest BCUT2D eigenvalue weighted by atomic mass is 9.88. The third-order valence-electron chi connectivity index (χ3n) is 7.27. The summed E-state index contributed by atoms with van der Waals surface area (Å²) in [7, 11) is -3.85. The highest BCUT2D eigenvalue weighted by Crippen LogP contribution is 2.38. The van der Waals surface area contributed by atoms with Crippen molar-refractivity contribution in [2.24, 2.45) is 0 Å². The van der Waals surface area contributed by atoms with Crippen LogP contribution < -0.4 is 16.0 Å². The summed E-state index contributed by atoms with van der Waals surface area (Å²) in [5.41, 5.74) is 0.938. The number of alkyl halides is 2. The Bertz CT molecular complexity index is 1900. The van der Waals surface area contributed by atoms with Crippen LogP contribution in [-0.2, 0) is 21.1 Å². The first-order valence-electron chi connectivity index (χ1n) is 13.0. The number of amides is 4. The second-order valence-corrected chi connectivity index (χ2v) is 14.1. The highest BCUT2D eigenvalue weighted by molar-refractivity contribution is 7.91. The Balaban J connectivity index is 0.00000384. The van der Waals surface area contributed by atoms with Crippen LogP contribution in [0.5, 0.6) is 0 Å². The molecule has 44 heavy (non-hydrogen) atoms. The number of nitrogens with zero attached hydrogens (tertiary/aromatic N) is 3. The van der Waals surface area contributed by atoms with Crippen LogP contribution in [-0.4, -0.2) is 65.2 Å². The Kier molecular flexibility index (Phi) is 7.78. The van der Waals surface area contributed by atoms with E-state index in [1.807, 2.05) is 0 Å². The number of carbonyl (C=O) groups is 3. The van der Waals surface area contributed by atoms with Crippen molar-refractivity contribution in [2.75, 3.05) is 6.26 Å². The number of hydrogen-bond donors (Lipinski definition) is 3. The number of sulfone groups is 1. The third kappa shape index (κ3) is 6.04. The van der Waals surface area contributed by atoms with Gasteiger partial charge in [0.1, 0.15) is 10.5 Å². The minimum atomic E-state index is -3.85. The van der Waals surface area contributed by atoms with Gasteiger partial charge in [0.2, 0.25) is 11.8 Å². The lowest BCUT2D eigenvalue weighted by molar-refractivity contribution is -0.123. The smallest absolute Gasteiger partial charge is 0.322 e. The number of rotatable bonds is 8. The molecule has 2 atom stereocenters. The number of hydrogen-bond acceptors (Lipinski definition) is 10. The molecule has 4 amide bonds. The molecule has 16 heteroatoms. The van der Waals surface area contributed by atoms with Crippen molar-refractivity contribution in [2.45, 2.75) is 56.4 Å². The molecule has 12 nitrogen and oxygen atoms in total. The Morgan fingerprint density at radius 2 is 1.89 bits per heavy atom. The van der Waals surface area contributed by atoms with Gasteiger partial charge in [-0.05, 0) is 42.3 Å². The van der Waals surface area contributed by atoms with Crippen molar-refractivity contribution in [1.82, 2.24) is 31.1 Å². The zero-order valence-corrected chi connectivity index (χ0v) is 24.3. The molecule has 2 aromatic carbocycles. The van der Waals surface area contributed by atoms with Crippen LogP contribution in [0.1, 0.15) is 59.6 Å². The minimum absolute atomic E-state index is 0. The Morgan fingerprint density at radius 3 is 2.55 bits per heavy atom. The third-order valence-corrected chi connectivity index (χ3v) is 9.78. The molecule has 4 aromatic rings. The molecule has 1 saturated heterocycles. The number of thiazole rings is 1. The number of nitrogens with one attached hydrogen (secondary N) is 3. The molecule has 2 aromatic heterocycles. The fourth-order valence-corrected chi connectivity index (χ4v) is 7.56. The van der Waals surface area contributed by atoms with E-state index in [2.05, 4.69) is 31.1 Å². The normalized spacial score (nSPS) is 20.4. The van der Waals surface area contributed by atoms with E-state index >= 15 is 0 Å².